The zero-order chi connectivity index (χ0) is 14.5. The van der Waals surface area contributed by atoms with Crippen molar-refractivity contribution in [3.05, 3.63) is 35.9 Å². The van der Waals surface area contributed by atoms with E-state index in [9.17, 15) is 0 Å². The van der Waals surface area contributed by atoms with Crippen LogP contribution >= 0.6 is 0 Å². The molecule has 0 amide bonds. The van der Waals surface area contributed by atoms with Gasteiger partial charge in [0.25, 0.3) is 0 Å². The van der Waals surface area contributed by atoms with E-state index in [4.69, 9.17) is 5.73 Å². The molecule has 0 bridgehead atoms. The van der Waals surface area contributed by atoms with Gasteiger partial charge in [0.05, 0.1) is 0 Å². The molecule has 0 aliphatic rings. The SMILES string of the molecule is CC(C)C(CN=C(N)NC(C)(C)C)c1ccccc1. The van der Waals surface area contributed by atoms with Gasteiger partial charge in [0, 0.05) is 18.0 Å². The summed E-state index contributed by atoms with van der Waals surface area (Å²) in [5.41, 5.74) is 7.20. The predicted octanol–water partition coefficient (Wildman–Crippen LogP) is 3.13. The van der Waals surface area contributed by atoms with Gasteiger partial charge in [-0.3, -0.25) is 4.99 Å². The molecule has 0 aliphatic carbocycles. The molecule has 3 heteroatoms. The van der Waals surface area contributed by atoms with Gasteiger partial charge in [0.15, 0.2) is 5.96 Å². The molecule has 1 aromatic carbocycles. The molecule has 0 spiro atoms. The minimum atomic E-state index is -0.0480. The molecule has 106 valence electrons. The summed E-state index contributed by atoms with van der Waals surface area (Å²) < 4.78 is 0. The summed E-state index contributed by atoms with van der Waals surface area (Å²) in [5, 5.41) is 3.19. The molecule has 1 atom stereocenters. The third-order valence-corrected chi connectivity index (χ3v) is 2.99. The fourth-order valence-corrected chi connectivity index (χ4v) is 2.02. The van der Waals surface area contributed by atoms with Crippen LogP contribution in [0.1, 0.15) is 46.1 Å². The molecule has 0 aromatic heterocycles. The smallest absolute Gasteiger partial charge is 0.189 e. The highest BCUT2D eigenvalue weighted by atomic mass is 15.1. The van der Waals surface area contributed by atoms with Crippen molar-refractivity contribution in [1.29, 1.82) is 0 Å². The average molecular weight is 261 g/mol. The number of nitrogens with zero attached hydrogens (tertiary/aromatic N) is 1. The van der Waals surface area contributed by atoms with Crippen LogP contribution in [0.5, 0.6) is 0 Å². The molecule has 0 radical (unpaired) electrons. The van der Waals surface area contributed by atoms with Gasteiger partial charge in [-0.25, -0.2) is 0 Å². The Kier molecular flexibility index (Phi) is 5.40. The van der Waals surface area contributed by atoms with Gasteiger partial charge in [-0.15, -0.1) is 0 Å². The molecule has 1 rings (SSSR count). The fraction of sp³-hybridized carbons (Fsp3) is 0.562. The molecule has 0 saturated carbocycles. The molecule has 0 heterocycles. The van der Waals surface area contributed by atoms with Gasteiger partial charge >= 0.3 is 0 Å². The Labute approximate surface area is 117 Å². The van der Waals surface area contributed by atoms with E-state index in [1.54, 1.807) is 0 Å². The van der Waals surface area contributed by atoms with Gasteiger partial charge in [-0.2, -0.15) is 0 Å². The van der Waals surface area contributed by atoms with E-state index in [1.165, 1.54) is 5.56 Å². The van der Waals surface area contributed by atoms with E-state index < -0.39 is 0 Å². The first kappa shape index (κ1) is 15.5. The van der Waals surface area contributed by atoms with Gasteiger partial charge in [0.1, 0.15) is 0 Å². The largest absolute Gasteiger partial charge is 0.370 e. The molecule has 0 aliphatic heterocycles. The first-order valence-corrected chi connectivity index (χ1v) is 6.92. The van der Waals surface area contributed by atoms with E-state index in [-0.39, 0.29) is 5.54 Å². The van der Waals surface area contributed by atoms with Crippen molar-refractivity contribution in [1.82, 2.24) is 5.32 Å². The minimum absolute atomic E-state index is 0.0480. The highest BCUT2D eigenvalue weighted by Gasteiger charge is 2.16. The fourth-order valence-electron chi connectivity index (χ4n) is 2.02. The summed E-state index contributed by atoms with van der Waals surface area (Å²) in [6.45, 7) is 11.4. The average Bonchev–Trinajstić information content (AvgIpc) is 2.27. The summed E-state index contributed by atoms with van der Waals surface area (Å²) in [6, 6.07) is 10.5. The Morgan fingerprint density at radius 2 is 1.79 bits per heavy atom. The quantitative estimate of drug-likeness (QED) is 0.646. The van der Waals surface area contributed by atoms with Crippen molar-refractivity contribution in [3.63, 3.8) is 0 Å². The summed E-state index contributed by atoms with van der Waals surface area (Å²) in [6.07, 6.45) is 0. The maximum absolute atomic E-state index is 5.93. The monoisotopic (exact) mass is 261 g/mol. The van der Waals surface area contributed by atoms with Crippen LogP contribution in [-0.4, -0.2) is 18.0 Å². The Bertz CT molecular complexity index is 402. The van der Waals surface area contributed by atoms with Gasteiger partial charge in [-0.05, 0) is 32.3 Å². The maximum atomic E-state index is 5.93. The number of hydrogen-bond acceptors (Lipinski definition) is 1. The second-order valence-corrected chi connectivity index (χ2v) is 6.36. The summed E-state index contributed by atoms with van der Waals surface area (Å²) in [4.78, 5) is 4.49. The lowest BCUT2D eigenvalue weighted by Crippen LogP contribution is -2.45. The Morgan fingerprint density at radius 1 is 1.21 bits per heavy atom. The number of benzene rings is 1. The minimum Gasteiger partial charge on any atom is -0.370 e. The number of hydrogen-bond donors (Lipinski definition) is 2. The van der Waals surface area contributed by atoms with Crippen LogP contribution in [0.3, 0.4) is 0 Å². The van der Waals surface area contributed by atoms with Crippen LogP contribution in [0, 0.1) is 5.92 Å². The Balaban J connectivity index is 2.73. The van der Waals surface area contributed by atoms with E-state index >= 15 is 0 Å². The lowest BCUT2D eigenvalue weighted by atomic mass is 9.88. The predicted molar refractivity (Wildman–Crippen MR) is 83.4 cm³/mol. The molecule has 19 heavy (non-hydrogen) atoms. The summed E-state index contributed by atoms with van der Waals surface area (Å²) in [7, 11) is 0. The van der Waals surface area contributed by atoms with Crippen LogP contribution in [0.25, 0.3) is 0 Å². The summed E-state index contributed by atoms with van der Waals surface area (Å²) in [5.74, 6) is 1.46. The highest BCUT2D eigenvalue weighted by molar-refractivity contribution is 5.78. The third kappa shape index (κ3) is 5.77. The number of aliphatic imine (C=N–C) groups is 1. The molecule has 3 nitrogen and oxygen atoms in total. The number of nitrogens with two attached hydrogens (primary N) is 1. The topological polar surface area (TPSA) is 50.4 Å². The van der Waals surface area contributed by atoms with Crippen LogP contribution in [0.2, 0.25) is 0 Å². The van der Waals surface area contributed by atoms with E-state index in [2.05, 4.69) is 69.2 Å². The first-order valence-electron chi connectivity index (χ1n) is 6.92. The van der Waals surface area contributed by atoms with Crippen LogP contribution in [-0.2, 0) is 0 Å². The van der Waals surface area contributed by atoms with E-state index in [0.29, 0.717) is 17.8 Å². The van der Waals surface area contributed by atoms with Crippen molar-refractivity contribution < 1.29 is 0 Å². The van der Waals surface area contributed by atoms with Gasteiger partial charge in [-0.1, -0.05) is 44.2 Å². The first-order chi connectivity index (χ1) is 8.79. The lowest BCUT2D eigenvalue weighted by molar-refractivity contribution is 0.493. The molecular weight excluding hydrogens is 234 g/mol. The number of nitrogens with one attached hydrogen (secondary N) is 1. The van der Waals surface area contributed by atoms with E-state index in [1.807, 2.05) is 6.07 Å². The van der Waals surface area contributed by atoms with Crippen molar-refractivity contribution >= 4 is 5.96 Å². The van der Waals surface area contributed by atoms with Gasteiger partial charge < -0.3 is 11.1 Å². The molecule has 1 aromatic rings. The summed E-state index contributed by atoms with van der Waals surface area (Å²) >= 11 is 0. The van der Waals surface area contributed by atoms with Crippen molar-refractivity contribution in [2.75, 3.05) is 6.54 Å². The van der Waals surface area contributed by atoms with Crippen molar-refractivity contribution in [2.24, 2.45) is 16.6 Å². The molecule has 1 unspecified atom stereocenters. The second-order valence-electron chi connectivity index (χ2n) is 6.36. The Morgan fingerprint density at radius 3 is 2.26 bits per heavy atom. The highest BCUT2D eigenvalue weighted by Crippen LogP contribution is 2.24. The van der Waals surface area contributed by atoms with Crippen LogP contribution < -0.4 is 11.1 Å². The number of rotatable bonds is 4. The molecular formula is C16H27N3. The molecule has 0 fully saturated rings. The lowest BCUT2D eigenvalue weighted by Gasteiger charge is -2.23. The van der Waals surface area contributed by atoms with Crippen molar-refractivity contribution in [2.45, 2.75) is 46.1 Å². The van der Waals surface area contributed by atoms with Crippen LogP contribution in [0.15, 0.2) is 35.3 Å². The van der Waals surface area contributed by atoms with Crippen molar-refractivity contribution in [3.8, 4) is 0 Å². The zero-order valence-corrected chi connectivity index (χ0v) is 12.8. The second kappa shape index (κ2) is 6.60. The third-order valence-electron chi connectivity index (χ3n) is 2.99. The number of guanidine groups is 1. The Hall–Kier alpha value is -1.51. The standard InChI is InChI=1S/C16H27N3/c1-12(2)14(13-9-7-6-8-10-13)11-18-15(17)19-16(3,4)5/h6-10,12,14H,11H2,1-5H3,(H3,17,18,19). The van der Waals surface area contributed by atoms with E-state index in [0.717, 1.165) is 6.54 Å². The van der Waals surface area contributed by atoms with Gasteiger partial charge in [0.2, 0.25) is 0 Å². The molecule has 0 saturated heterocycles. The molecule has 3 N–H and O–H groups in total. The maximum Gasteiger partial charge on any atom is 0.189 e. The van der Waals surface area contributed by atoms with Crippen LogP contribution in [0.4, 0.5) is 0 Å². The zero-order valence-electron chi connectivity index (χ0n) is 12.8. The normalized spacial score (nSPS) is 14.5.